The summed E-state index contributed by atoms with van der Waals surface area (Å²) in [5.74, 6) is 0.103. The Hall–Kier alpha value is -2.43. The number of rotatable bonds is 3. The molecule has 0 N–H and O–H groups in total. The first kappa shape index (κ1) is 15.5. The van der Waals surface area contributed by atoms with E-state index in [1.807, 2.05) is 30.9 Å². The van der Waals surface area contributed by atoms with E-state index >= 15 is 0 Å². The average Bonchev–Trinajstić information content (AvgIpc) is 2.55. The second-order valence-corrected chi connectivity index (χ2v) is 6.02. The highest BCUT2D eigenvalue weighted by Crippen LogP contribution is 2.18. The number of hydrogen-bond acceptors (Lipinski definition) is 4. The molecule has 0 bridgehead atoms. The van der Waals surface area contributed by atoms with Crippen LogP contribution >= 0.6 is 0 Å². The van der Waals surface area contributed by atoms with E-state index in [0.717, 1.165) is 29.5 Å². The summed E-state index contributed by atoms with van der Waals surface area (Å²) in [5.41, 5.74) is 3.01. The lowest BCUT2D eigenvalue weighted by atomic mass is 10.0. The number of amides is 1. The summed E-state index contributed by atoms with van der Waals surface area (Å²) in [6.45, 7) is 5.43. The SMILES string of the molecule is Cc1cc(C)cc(C(=O)N2CCC(Oc3ncccn3)CC2)c1. The fourth-order valence-corrected chi connectivity index (χ4v) is 2.95. The standard InChI is InChI=1S/C18H21N3O2/c1-13-10-14(2)12-15(11-13)17(22)21-8-4-16(5-9-21)23-18-19-6-3-7-20-18/h3,6-7,10-12,16H,4-5,8-9H2,1-2H3. The lowest BCUT2D eigenvalue weighted by Crippen LogP contribution is -2.42. The van der Waals surface area contributed by atoms with Crippen molar-refractivity contribution in [1.82, 2.24) is 14.9 Å². The first-order valence-electron chi connectivity index (χ1n) is 7.93. The molecule has 5 heteroatoms. The molecule has 120 valence electrons. The molecule has 0 saturated carbocycles. The molecule has 3 rings (SSSR count). The first-order valence-corrected chi connectivity index (χ1v) is 7.93. The van der Waals surface area contributed by atoms with Crippen LogP contribution in [0.1, 0.15) is 34.3 Å². The zero-order valence-corrected chi connectivity index (χ0v) is 13.5. The first-order chi connectivity index (χ1) is 11.1. The molecule has 1 saturated heterocycles. The summed E-state index contributed by atoms with van der Waals surface area (Å²) in [7, 11) is 0. The molecule has 1 aliphatic rings. The van der Waals surface area contributed by atoms with Gasteiger partial charge in [-0.05, 0) is 32.0 Å². The molecule has 0 radical (unpaired) electrons. The van der Waals surface area contributed by atoms with Crippen molar-refractivity contribution in [3.63, 3.8) is 0 Å². The van der Waals surface area contributed by atoms with E-state index in [4.69, 9.17) is 4.74 Å². The number of aromatic nitrogens is 2. The molecular formula is C18H21N3O2. The van der Waals surface area contributed by atoms with Crippen LogP contribution in [0, 0.1) is 13.8 Å². The monoisotopic (exact) mass is 311 g/mol. The summed E-state index contributed by atoms with van der Waals surface area (Å²) in [6, 6.07) is 8.16. The predicted molar refractivity (Wildman–Crippen MR) is 87.5 cm³/mol. The van der Waals surface area contributed by atoms with Crippen LogP contribution in [0.4, 0.5) is 0 Å². The maximum atomic E-state index is 12.6. The molecule has 0 aliphatic carbocycles. The minimum absolute atomic E-state index is 0.0701. The second-order valence-electron chi connectivity index (χ2n) is 6.02. The van der Waals surface area contributed by atoms with E-state index in [-0.39, 0.29) is 12.0 Å². The number of hydrogen-bond donors (Lipinski definition) is 0. The maximum Gasteiger partial charge on any atom is 0.316 e. The van der Waals surface area contributed by atoms with Crippen LogP contribution < -0.4 is 4.74 Å². The highest BCUT2D eigenvalue weighted by molar-refractivity contribution is 5.94. The number of carbonyl (C=O) groups excluding carboxylic acids is 1. The van der Waals surface area contributed by atoms with E-state index in [2.05, 4.69) is 16.0 Å². The zero-order chi connectivity index (χ0) is 16.2. The molecule has 5 nitrogen and oxygen atoms in total. The highest BCUT2D eigenvalue weighted by atomic mass is 16.5. The van der Waals surface area contributed by atoms with Gasteiger partial charge >= 0.3 is 6.01 Å². The van der Waals surface area contributed by atoms with Gasteiger partial charge in [0.25, 0.3) is 5.91 Å². The van der Waals surface area contributed by atoms with Crippen molar-refractivity contribution >= 4 is 5.91 Å². The van der Waals surface area contributed by atoms with Crippen LogP contribution in [0.5, 0.6) is 6.01 Å². The Morgan fingerprint density at radius 2 is 1.70 bits per heavy atom. The number of likely N-dealkylation sites (tertiary alicyclic amines) is 1. The molecular weight excluding hydrogens is 290 g/mol. The summed E-state index contributed by atoms with van der Waals surface area (Å²) in [4.78, 5) is 22.7. The largest absolute Gasteiger partial charge is 0.460 e. The molecule has 23 heavy (non-hydrogen) atoms. The minimum atomic E-state index is 0.0701. The van der Waals surface area contributed by atoms with Crippen LogP contribution in [-0.4, -0.2) is 40.0 Å². The van der Waals surface area contributed by atoms with Crippen LogP contribution in [-0.2, 0) is 0 Å². The summed E-state index contributed by atoms with van der Waals surface area (Å²) < 4.78 is 5.77. The molecule has 1 amide bonds. The van der Waals surface area contributed by atoms with Gasteiger partial charge in [0.2, 0.25) is 0 Å². The Morgan fingerprint density at radius 3 is 2.30 bits per heavy atom. The van der Waals surface area contributed by atoms with Gasteiger partial charge in [0, 0.05) is 43.9 Å². The third kappa shape index (κ3) is 3.86. The van der Waals surface area contributed by atoms with Crippen molar-refractivity contribution in [1.29, 1.82) is 0 Å². The van der Waals surface area contributed by atoms with Crippen molar-refractivity contribution in [2.24, 2.45) is 0 Å². The van der Waals surface area contributed by atoms with E-state index in [0.29, 0.717) is 19.1 Å². The molecule has 1 aliphatic heterocycles. The fraction of sp³-hybridized carbons (Fsp3) is 0.389. The molecule has 1 aromatic heterocycles. The molecule has 2 heterocycles. The highest BCUT2D eigenvalue weighted by Gasteiger charge is 2.25. The average molecular weight is 311 g/mol. The van der Waals surface area contributed by atoms with Gasteiger partial charge < -0.3 is 9.64 Å². The number of benzene rings is 1. The van der Waals surface area contributed by atoms with Crippen molar-refractivity contribution in [2.45, 2.75) is 32.8 Å². The number of piperidine rings is 1. The summed E-state index contributed by atoms with van der Waals surface area (Å²) in [6.07, 6.45) is 5.01. The van der Waals surface area contributed by atoms with Crippen molar-refractivity contribution in [3.8, 4) is 6.01 Å². The van der Waals surface area contributed by atoms with Crippen molar-refractivity contribution < 1.29 is 9.53 Å². The molecule has 0 spiro atoms. The second kappa shape index (κ2) is 6.77. The minimum Gasteiger partial charge on any atom is -0.460 e. The van der Waals surface area contributed by atoms with Gasteiger partial charge in [-0.1, -0.05) is 17.2 Å². The number of nitrogens with zero attached hydrogens (tertiary/aromatic N) is 3. The van der Waals surface area contributed by atoms with Gasteiger partial charge in [-0.25, -0.2) is 9.97 Å². The lowest BCUT2D eigenvalue weighted by molar-refractivity contribution is 0.0578. The van der Waals surface area contributed by atoms with E-state index in [1.165, 1.54) is 0 Å². The fourth-order valence-electron chi connectivity index (χ4n) is 2.95. The number of carbonyl (C=O) groups is 1. The lowest BCUT2D eigenvalue weighted by Gasteiger charge is -2.31. The van der Waals surface area contributed by atoms with Crippen LogP contribution in [0.2, 0.25) is 0 Å². The van der Waals surface area contributed by atoms with Gasteiger partial charge in [0.15, 0.2) is 0 Å². The van der Waals surface area contributed by atoms with Gasteiger partial charge in [0.05, 0.1) is 0 Å². The Bertz CT molecular complexity index is 660. The van der Waals surface area contributed by atoms with Crippen LogP contribution in [0.25, 0.3) is 0 Å². The van der Waals surface area contributed by atoms with Gasteiger partial charge in [-0.15, -0.1) is 0 Å². The summed E-state index contributed by atoms with van der Waals surface area (Å²) >= 11 is 0. The van der Waals surface area contributed by atoms with Gasteiger partial charge in [-0.3, -0.25) is 4.79 Å². The molecule has 2 aromatic rings. The third-order valence-corrected chi connectivity index (χ3v) is 4.01. The Morgan fingerprint density at radius 1 is 1.09 bits per heavy atom. The molecule has 1 fully saturated rings. The van der Waals surface area contributed by atoms with Crippen molar-refractivity contribution in [2.75, 3.05) is 13.1 Å². The van der Waals surface area contributed by atoms with Gasteiger partial charge in [0.1, 0.15) is 6.10 Å². The van der Waals surface area contributed by atoms with E-state index < -0.39 is 0 Å². The smallest absolute Gasteiger partial charge is 0.316 e. The topological polar surface area (TPSA) is 55.3 Å². The molecule has 0 atom stereocenters. The Labute approximate surface area is 136 Å². The van der Waals surface area contributed by atoms with Crippen molar-refractivity contribution in [3.05, 3.63) is 53.3 Å². The normalized spacial score (nSPS) is 15.5. The third-order valence-electron chi connectivity index (χ3n) is 4.01. The van der Waals surface area contributed by atoms with E-state index in [1.54, 1.807) is 18.5 Å². The Kier molecular flexibility index (Phi) is 4.55. The van der Waals surface area contributed by atoms with Gasteiger partial charge in [-0.2, -0.15) is 0 Å². The Balaban J connectivity index is 1.59. The van der Waals surface area contributed by atoms with Crippen LogP contribution in [0.3, 0.4) is 0 Å². The zero-order valence-electron chi connectivity index (χ0n) is 13.5. The summed E-state index contributed by atoms with van der Waals surface area (Å²) in [5, 5.41) is 0. The molecule has 1 aromatic carbocycles. The predicted octanol–water partition coefficient (Wildman–Crippen LogP) is 2.78. The van der Waals surface area contributed by atoms with E-state index in [9.17, 15) is 4.79 Å². The maximum absolute atomic E-state index is 12.6. The molecule has 0 unspecified atom stereocenters. The van der Waals surface area contributed by atoms with Crippen LogP contribution in [0.15, 0.2) is 36.7 Å². The number of aryl methyl sites for hydroxylation is 2. The number of ether oxygens (including phenoxy) is 1. The quantitative estimate of drug-likeness (QED) is 0.874.